The van der Waals surface area contributed by atoms with Crippen molar-refractivity contribution >= 4 is 29.9 Å². The molecule has 0 amide bonds. The van der Waals surface area contributed by atoms with E-state index in [0.717, 1.165) is 68.1 Å². The van der Waals surface area contributed by atoms with Gasteiger partial charge in [0.15, 0.2) is 11.8 Å². The normalized spacial score (nSPS) is 14.8. The van der Waals surface area contributed by atoms with Crippen LogP contribution in [0.1, 0.15) is 18.4 Å². The Bertz CT molecular complexity index is 966. The highest BCUT2D eigenvalue weighted by atomic mass is 127. The minimum Gasteiger partial charge on any atom is -0.497 e. The molecule has 3 aromatic rings. The second kappa shape index (κ2) is 11.8. The van der Waals surface area contributed by atoms with Crippen molar-refractivity contribution in [2.75, 3.05) is 39.8 Å². The van der Waals surface area contributed by atoms with Crippen LogP contribution in [0.3, 0.4) is 0 Å². The van der Waals surface area contributed by atoms with E-state index < -0.39 is 0 Å². The summed E-state index contributed by atoms with van der Waals surface area (Å²) in [6, 6.07) is 9.59. The summed E-state index contributed by atoms with van der Waals surface area (Å²) in [5.74, 6) is 3.08. The fourth-order valence-corrected chi connectivity index (χ4v) is 3.48. The predicted octanol–water partition coefficient (Wildman–Crippen LogP) is 2.37. The Kier molecular flexibility index (Phi) is 8.85. The third-order valence-electron chi connectivity index (χ3n) is 5.14. The van der Waals surface area contributed by atoms with Crippen molar-refractivity contribution in [1.82, 2.24) is 35.5 Å². The number of benzene rings is 1. The number of halogens is 1. The third-order valence-corrected chi connectivity index (χ3v) is 5.14. The molecule has 1 aliphatic heterocycles. The van der Waals surface area contributed by atoms with Gasteiger partial charge < -0.3 is 19.5 Å². The van der Waals surface area contributed by atoms with Crippen LogP contribution in [0.2, 0.25) is 0 Å². The zero-order valence-corrected chi connectivity index (χ0v) is 20.7. The van der Waals surface area contributed by atoms with E-state index in [-0.39, 0.29) is 24.0 Å². The smallest absolute Gasteiger partial charge is 0.194 e. The Morgan fingerprint density at radius 1 is 1.19 bits per heavy atom. The van der Waals surface area contributed by atoms with Crippen molar-refractivity contribution in [3.63, 3.8) is 0 Å². The Morgan fingerprint density at radius 3 is 2.62 bits per heavy atom. The monoisotopic (exact) mass is 552 g/mol. The van der Waals surface area contributed by atoms with Gasteiger partial charge in [0.25, 0.3) is 0 Å². The van der Waals surface area contributed by atoms with Crippen LogP contribution in [0, 0.1) is 0 Å². The molecule has 3 heterocycles. The van der Waals surface area contributed by atoms with Crippen LogP contribution in [0.25, 0.3) is 11.4 Å². The van der Waals surface area contributed by atoms with E-state index in [9.17, 15) is 0 Å². The summed E-state index contributed by atoms with van der Waals surface area (Å²) in [5.41, 5.74) is 1.90. The molecular formula is C21H29IN8O2. The molecule has 4 rings (SSSR count). The van der Waals surface area contributed by atoms with E-state index in [4.69, 9.17) is 14.3 Å². The Morgan fingerprint density at radius 2 is 1.97 bits per heavy atom. The van der Waals surface area contributed by atoms with Gasteiger partial charge in [-0.2, -0.15) is 5.10 Å². The molecule has 1 fully saturated rings. The highest BCUT2D eigenvalue weighted by molar-refractivity contribution is 14.0. The maximum atomic E-state index is 5.20. The molecule has 10 nitrogen and oxygen atoms in total. The highest BCUT2D eigenvalue weighted by Crippen LogP contribution is 2.19. The number of guanidine groups is 1. The Balaban J connectivity index is 0.00000289. The van der Waals surface area contributed by atoms with Crippen LogP contribution in [-0.2, 0) is 13.1 Å². The number of aliphatic imine (C=N–C) groups is 1. The zero-order valence-electron chi connectivity index (χ0n) is 18.3. The van der Waals surface area contributed by atoms with E-state index in [1.807, 2.05) is 30.3 Å². The number of methoxy groups -OCH3 is 1. The Labute approximate surface area is 204 Å². The molecule has 2 aromatic heterocycles. The maximum Gasteiger partial charge on any atom is 0.194 e. The average molecular weight is 552 g/mol. The third kappa shape index (κ3) is 6.19. The number of nitrogens with one attached hydrogen (secondary N) is 2. The van der Waals surface area contributed by atoms with Crippen LogP contribution < -0.4 is 10.1 Å². The highest BCUT2D eigenvalue weighted by Gasteiger charge is 2.20. The number of aromatic amines is 1. The number of hydrogen-bond donors (Lipinski definition) is 2. The average Bonchev–Trinajstić information content (AvgIpc) is 3.50. The second-order valence-electron chi connectivity index (χ2n) is 7.26. The van der Waals surface area contributed by atoms with Gasteiger partial charge in [-0.05, 0) is 31.2 Å². The fraction of sp³-hybridized carbons (Fsp3) is 0.429. The van der Waals surface area contributed by atoms with Crippen molar-refractivity contribution < 1.29 is 9.26 Å². The molecule has 0 spiro atoms. The van der Waals surface area contributed by atoms with Crippen LogP contribution >= 0.6 is 24.0 Å². The van der Waals surface area contributed by atoms with Crippen molar-refractivity contribution in [3.8, 4) is 17.1 Å². The second-order valence-corrected chi connectivity index (χ2v) is 7.26. The number of piperazine rings is 1. The molecule has 0 bridgehead atoms. The Hall–Kier alpha value is -2.67. The minimum absolute atomic E-state index is 0. The van der Waals surface area contributed by atoms with Crippen molar-refractivity contribution in [1.29, 1.82) is 0 Å². The zero-order chi connectivity index (χ0) is 21.5. The minimum atomic E-state index is 0. The van der Waals surface area contributed by atoms with E-state index in [1.165, 1.54) is 0 Å². The van der Waals surface area contributed by atoms with Gasteiger partial charge in [0, 0.05) is 50.9 Å². The summed E-state index contributed by atoms with van der Waals surface area (Å²) in [6.45, 7) is 7.82. The van der Waals surface area contributed by atoms with Gasteiger partial charge in [-0.15, -0.1) is 24.0 Å². The van der Waals surface area contributed by atoms with Crippen LogP contribution in [0.15, 0.2) is 46.1 Å². The summed E-state index contributed by atoms with van der Waals surface area (Å²) in [7, 11) is 1.65. The summed E-state index contributed by atoms with van der Waals surface area (Å²) < 4.78 is 10.1. The summed E-state index contributed by atoms with van der Waals surface area (Å²) >= 11 is 0. The molecule has 0 radical (unpaired) electrons. The molecule has 0 aliphatic carbocycles. The summed E-state index contributed by atoms with van der Waals surface area (Å²) in [6.07, 6.45) is 1.62. The quantitative estimate of drug-likeness (QED) is 0.262. The van der Waals surface area contributed by atoms with Gasteiger partial charge in [0.1, 0.15) is 24.4 Å². The lowest BCUT2D eigenvalue weighted by Crippen LogP contribution is -2.52. The van der Waals surface area contributed by atoms with Crippen molar-refractivity contribution in [3.05, 3.63) is 48.1 Å². The van der Waals surface area contributed by atoms with Crippen molar-refractivity contribution in [2.24, 2.45) is 4.99 Å². The standard InChI is InChI=1S/C21H28N8O2.HI/c1-3-22-21(29-11-9-28(10-12-29)15-17-8-13-31-27-17)23-14-19-24-20(26-25-19)16-4-6-18(30-2)7-5-16;/h4-8,13H,3,9-12,14-15H2,1-2H3,(H,22,23)(H,24,25,26);1H. The number of nitrogens with zero attached hydrogens (tertiary/aromatic N) is 6. The molecule has 11 heteroatoms. The molecule has 1 saturated heterocycles. The van der Waals surface area contributed by atoms with Gasteiger partial charge in [-0.3, -0.25) is 10.00 Å². The number of H-pyrrole nitrogens is 1. The molecule has 2 N–H and O–H groups in total. The predicted molar refractivity (Wildman–Crippen MR) is 132 cm³/mol. The first-order valence-electron chi connectivity index (χ1n) is 10.5. The van der Waals surface area contributed by atoms with Gasteiger partial charge in [0.05, 0.1) is 12.8 Å². The van der Waals surface area contributed by atoms with E-state index >= 15 is 0 Å². The van der Waals surface area contributed by atoms with Crippen LogP contribution in [-0.4, -0.2) is 75.9 Å². The number of aromatic nitrogens is 4. The van der Waals surface area contributed by atoms with Crippen LogP contribution in [0.4, 0.5) is 0 Å². The van der Waals surface area contributed by atoms with Gasteiger partial charge in [-0.25, -0.2) is 9.98 Å². The molecule has 0 saturated carbocycles. The largest absolute Gasteiger partial charge is 0.497 e. The lowest BCUT2D eigenvalue weighted by Gasteiger charge is -2.36. The fourth-order valence-electron chi connectivity index (χ4n) is 3.48. The van der Waals surface area contributed by atoms with Gasteiger partial charge >= 0.3 is 0 Å². The molecular weight excluding hydrogens is 523 g/mol. The van der Waals surface area contributed by atoms with Crippen LogP contribution in [0.5, 0.6) is 5.75 Å². The van der Waals surface area contributed by atoms with Gasteiger partial charge in [0.2, 0.25) is 0 Å². The molecule has 32 heavy (non-hydrogen) atoms. The first kappa shape index (κ1) is 24.0. The number of ether oxygens (including phenoxy) is 1. The first-order chi connectivity index (χ1) is 15.2. The first-order valence-corrected chi connectivity index (χ1v) is 10.5. The SMILES string of the molecule is CCNC(=NCc1nc(-c2ccc(OC)cc2)n[nH]1)N1CCN(Cc2ccon2)CC1.I. The lowest BCUT2D eigenvalue weighted by atomic mass is 10.2. The van der Waals surface area contributed by atoms with E-state index in [1.54, 1.807) is 13.4 Å². The molecule has 1 aliphatic rings. The molecule has 1 aromatic carbocycles. The van der Waals surface area contributed by atoms with E-state index in [0.29, 0.717) is 12.4 Å². The number of hydrogen-bond acceptors (Lipinski definition) is 7. The maximum absolute atomic E-state index is 5.20. The molecule has 0 atom stereocenters. The van der Waals surface area contributed by atoms with E-state index in [2.05, 4.69) is 42.4 Å². The summed E-state index contributed by atoms with van der Waals surface area (Å²) in [4.78, 5) is 14.0. The van der Waals surface area contributed by atoms with Gasteiger partial charge in [-0.1, -0.05) is 5.16 Å². The lowest BCUT2D eigenvalue weighted by molar-refractivity contribution is 0.169. The summed E-state index contributed by atoms with van der Waals surface area (Å²) in [5, 5.41) is 14.7. The number of rotatable bonds is 7. The topological polar surface area (TPSA) is 108 Å². The molecule has 0 unspecified atom stereocenters. The van der Waals surface area contributed by atoms with Crippen molar-refractivity contribution in [2.45, 2.75) is 20.0 Å². The molecule has 172 valence electrons.